The maximum absolute atomic E-state index is 12.5. The largest absolute Gasteiger partial charge is 0.459 e. The van der Waals surface area contributed by atoms with Gasteiger partial charge in [0.15, 0.2) is 0 Å². The van der Waals surface area contributed by atoms with E-state index in [0.29, 0.717) is 0 Å². The van der Waals surface area contributed by atoms with Gasteiger partial charge in [0.2, 0.25) is 0 Å². The Kier molecular flexibility index (Phi) is 6.52. The molecule has 0 heterocycles. The third kappa shape index (κ3) is 4.65. The van der Waals surface area contributed by atoms with Crippen LogP contribution >= 0.6 is 0 Å². The van der Waals surface area contributed by atoms with Gasteiger partial charge in [-0.25, -0.2) is 9.59 Å². The Morgan fingerprint density at radius 2 is 1.44 bits per heavy atom. The van der Waals surface area contributed by atoms with Crippen LogP contribution in [0.1, 0.15) is 29.5 Å². The number of carbonyl (C=O) groups excluding carboxylic acids is 2. The molecule has 3 aromatic carbocycles. The Morgan fingerprint density at radius 1 is 0.875 bits per heavy atom. The van der Waals surface area contributed by atoms with Crippen molar-refractivity contribution in [1.29, 1.82) is 0 Å². The van der Waals surface area contributed by atoms with Crippen molar-refractivity contribution in [2.45, 2.75) is 31.5 Å². The third-order valence-corrected chi connectivity index (χ3v) is 5.62. The van der Waals surface area contributed by atoms with Crippen LogP contribution < -0.4 is 11.1 Å². The van der Waals surface area contributed by atoms with Crippen molar-refractivity contribution in [2.75, 3.05) is 6.61 Å². The molecule has 4 rings (SSSR count). The number of fused-ring (bicyclic) bond motifs is 3. The summed E-state index contributed by atoms with van der Waals surface area (Å²) in [6, 6.07) is 23.9. The monoisotopic (exact) mass is 430 g/mol. The normalized spacial score (nSPS) is 14.1. The second-order valence-corrected chi connectivity index (χ2v) is 7.90. The molecule has 3 N–H and O–H groups in total. The fraction of sp³-hybridized carbons (Fsp3) is 0.231. The summed E-state index contributed by atoms with van der Waals surface area (Å²) in [6.45, 7) is 1.90. The molecular formula is C26H26N2O4. The van der Waals surface area contributed by atoms with Crippen molar-refractivity contribution in [3.8, 4) is 11.1 Å². The van der Waals surface area contributed by atoms with Gasteiger partial charge in [-0.1, -0.05) is 78.9 Å². The molecule has 3 aromatic rings. The minimum absolute atomic E-state index is 0.0630. The highest BCUT2D eigenvalue weighted by molar-refractivity contribution is 5.82. The van der Waals surface area contributed by atoms with Crippen molar-refractivity contribution < 1.29 is 19.1 Å². The number of alkyl carbamates (subject to hydrolysis) is 1. The lowest BCUT2D eigenvalue weighted by Crippen LogP contribution is -2.52. The van der Waals surface area contributed by atoms with Crippen LogP contribution in [0, 0.1) is 0 Å². The van der Waals surface area contributed by atoms with Gasteiger partial charge in [0.25, 0.3) is 0 Å². The van der Waals surface area contributed by atoms with E-state index in [0.717, 1.165) is 27.8 Å². The van der Waals surface area contributed by atoms with Crippen molar-refractivity contribution in [3.05, 3.63) is 95.6 Å². The number of esters is 1. The Labute approximate surface area is 187 Å². The first-order chi connectivity index (χ1) is 15.5. The zero-order chi connectivity index (χ0) is 22.5. The van der Waals surface area contributed by atoms with Crippen molar-refractivity contribution >= 4 is 12.1 Å². The molecule has 164 valence electrons. The van der Waals surface area contributed by atoms with Crippen LogP contribution in [0.5, 0.6) is 0 Å². The summed E-state index contributed by atoms with van der Waals surface area (Å²) in [5.41, 5.74) is 11.3. The fourth-order valence-corrected chi connectivity index (χ4v) is 3.99. The van der Waals surface area contributed by atoms with E-state index in [9.17, 15) is 9.59 Å². The van der Waals surface area contributed by atoms with Gasteiger partial charge in [-0.2, -0.15) is 0 Å². The lowest BCUT2D eigenvalue weighted by molar-refractivity contribution is -0.147. The molecular weight excluding hydrogens is 404 g/mol. The molecule has 32 heavy (non-hydrogen) atoms. The minimum Gasteiger partial charge on any atom is -0.459 e. The van der Waals surface area contributed by atoms with Crippen LogP contribution in [0.2, 0.25) is 0 Å². The van der Waals surface area contributed by atoms with Crippen molar-refractivity contribution in [3.63, 3.8) is 0 Å². The molecule has 0 bridgehead atoms. The first-order valence-corrected chi connectivity index (χ1v) is 10.6. The molecule has 1 aliphatic carbocycles. The number of nitrogens with one attached hydrogen (secondary N) is 1. The van der Waals surface area contributed by atoms with Crippen LogP contribution in [0.3, 0.4) is 0 Å². The lowest BCUT2D eigenvalue weighted by atomic mass is 9.98. The predicted molar refractivity (Wildman–Crippen MR) is 122 cm³/mol. The summed E-state index contributed by atoms with van der Waals surface area (Å²) >= 11 is 0. The smallest absolute Gasteiger partial charge is 0.407 e. The lowest BCUT2D eigenvalue weighted by Gasteiger charge is -2.21. The molecule has 0 aliphatic heterocycles. The zero-order valence-corrected chi connectivity index (χ0v) is 17.9. The molecule has 1 amide bonds. The highest BCUT2D eigenvalue weighted by atomic mass is 16.6. The molecule has 0 spiro atoms. The number of benzene rings is 3. The van der Waals surface area contributed by atoms with Crippen LogP contribution in [0.25, 0.3) is 11.1 Å². The Hall–Kier alpha value is -3.64. The van der Waals surface area contributed by atoms with Gasteiger partial charge in [-0.15, -0.1) is 0 Å². The van der Waals surface area contributed by atoms with E-state index >= 15 is 0 Å². The number of hydrogen-bond donors (Lipinski definition) is 2. The van der Waals surface area contributed by atoms with Crippen LogP contribution in [-0.2, 0) is 20.9 Å². The average Bonchev–Trinajstić information content (AvgIpc) is 3.14. The van der Waals surface area contributed by atoms with E-state index in [-0.39, 0.29) is 19.1 Å². The van der Waals surface area contributed by atoms with E-state index in [1.54, 1.807) is 6.92 Å². The number of carbonyl (C=O) groups is 2. The molecule has 0 saturated heterocycles. The van der Waals surface area contributed by atoms with Gasteiger partial charge in [0.05, 0.1) is 0 Å². The minimum atomic E-state index is -1.01. The standard InChI is InChI=1S/C26H26N2O4/c1-17(27)24(25(29)31-15-18-9-3-2-4-10-18)28-26(30)32-16-23-21-13-7-5-11-19(21)20-12-6-8-14-22(20)23/h2-14,17,23-24H,15-16,27H2,1H3,(H,28,30)/t17-,24-/m0/s1. The summed E-state index contributed by atoms with van der Waals surface area (Å²) in [5.74, 6) is -0.663. The van der Waals surface area contributed by atoms with E-state index in [1.807, 2.05) is 66.7 Å². The first-order valence-electron chi connectivity index (χ1n) is 10.6. The van der Waals surface area contributed by atoms with E-state index < -0.39 is 24.1 Å². The quantitative estimate of drug-likeness (QED) is 0.553. The van der Waals surface area contributed by atoms with Gasteiger partial charge in [-0.3, -0.25) is 0 Å². The maximum Gasteiger partial charge on any atom is 0.407 e. The summed E-state index contributed by atoms with van der Waals surface area (Å²) in [7, 11) is 0. The van der Waals surface area contributed by atoms with Crippen LogP contribution in [-0.4, -0.2) is 30.8 Å². The van der Waals surface area contributed by atoms with Gasteiger partial charge in [-0.05, 0) is 34.7 Å². The number of rotatable bonds is 7. The molecule has 6 nitrogen and oxygen atoms in total. The van der Waals surface area contributed by atoms with Crippen LogP contribution in [0.15, 0.2) is 78.9 Å². The van der Waals surface area contributed by atoms with Gasteiger partial charge >= 0.3 is 12.1 Å². The van der Waals surface area contributed by atoms with Crippen molar-refractivity contribution in [2.24, 2.45) is 5.73 Å². The van der Waals surface area contributed by atoms with E-state index in [2.05, 4.69) is 17.4 Å². The second-order valence-electron chi connectivity index (χ2n) is 7.90. The van der Waals surface area contributed by atoms with Crippen LogP contribution in [0.4, 0.5) is 4.79 Å². The second kappa shape index (κ2) is 9.66. The molecule has 0 saturated carbocycles. The topological polar surface area (TPSA) is 90.6 Å². The van der Waals surface area contributed by atoms with Gasteiger partial charge in [0, 0.05) is 12.0 Å². The molecule has 2 atom stereocenters. The Morgan fingerprint density at radius 3 is 2.03 bits per heavy atom. The van der Waals surface area contributed by atoms with Gasteiger partial charge < -0.3 is 20.5 Å². The Balaban J connectivity index is 1.37. The first kappa shape index (κ1) is 21.6. The molecule has 0 aromatic heterocycles. The number of ether oxygens (including phenoxy) is 2. The summed E-state index contributed by atoms with van der Waals surface area (Å²) in [6.07, 6.45) is -0.703. The molecule has 0 unspecified atom stereocenters. The maximum atomic E-state index is 12.5. The number of amides is 1. The fourth-order valence-electron chi connectivity index (χ4n) is 3.99. The van der Waals surface area contributed by atoms with E-state index in [4.69, 9.17) is 15.2 Å². The van der Waals surface area contributed by atoms with E-state index in [1.165, 1.54) is 0 Å². The highest BCUT2D eigenvalue weighted by Crippen LogP contribution is 2.44. The Bertz CT molecular complexity index is 1050. The summed E-state index contributed by atoms with van der Waals surface area (Å²) in [4.78, 5) is 25.0. The third-order valence-electron chi connectivity index (χ3n) is 5.62. The zero-order valence-electron chi connectivity index (χ0n) is 17.9. The highest BCUT2D eigenvalue weighted by Gasteiger charge is 2.31. The molecule has 0 fully saturated rings. The van der Waals surface area contributed by atoms with Gasteiger partial charge in [0.1, 0.15) is 19.3 Å². The summed E-state index contributed by atoms with van der Waals surface area (Å²) in [5, 5.41) is 2.56. The predicted octanol–water partition coefficient (Wildman–Crippen LogP) is 3.98. The molecule has 0 radical (unpaired) electrons. The average molecular weight is 431 g/mol. The number of nitrogens with two attached hydrogens (primary N) is 1. The number of hydrogen-bond acceptors (Lipinski definition) is 5. The van der Waals surface area contributed by atoms with Crippen molar-refractivity contribution in [1.82, 2.24) is 5.32 Å². The SMILES string of the molecule is C[C@H](N)[C@H](NC(=O)OCC1c2ccccc2-c2ccccc21)C(=O)OCc1ccccc1. The summed E-state index contributed by atoms with van der Waals surface area (Å²) < 4.78 is 10.9. The molecule has 1 aliphatic rings. The molecule has 6 heteroatoms.